The average Bonchev–Trinajstić information content (AvgIpc) is 3.40. The summed E-state index contributed by atoms with van der Waals surface area (Å²) in [5.41, 5.74) is 0.849. The Balaban J connectivity index is 1.56. The Kier molecular flexibility index (Phi) is 10.9. The fraction of sp³-hybridized carbons (Fsp3) is 0.500. The molecular weight excluding hydrogens is 462 g/mol. The standard InChI is InChI=1S/C28H37NO7/c1-3-34-26(27(30)31)20-22-12-14-23(15-13-22)35-19-18-29(17-16-21-8-4-5-9-21)28(32)36-25-11-7-6-10-24(25)33-2/h6-7,10-15,21,26H,3-5,8-9,16-20H2,1-2H3,(H,30,31). The first-order valence-corrected chi connectivity index (χ1v) is 12.7. The van der Waals surface area contributed by atoms with E-state index in [4.69, 9.17) is 18.9 Å². The van der Waals surface area contributed by atoms with E-state index in [0.717, 1.165) is 12.0 Å². The fourth-order valence-corrected chi connectivity index (χ4v) is 4.42. The third kappa shape index (κ3) is 8.45. The molecular formula is C28H37NO7. The minimum absolute atomic E-state index is 0.285. The second-order valence-corrected chi connectivity index (χ2v) is 8.92. The van der Waals surface area contributed by atoms with Crippen molar-refractivity contribution < 1.29 is 33.6 Å². The smallest absolute Gasteiger partial charge is 0.415 e. The maximum atomic E-state index is 13.0. The number of hydrogen-bond donors (Lipinski definition) is 1. The van der Waals surface area contributed by atoms with E-state index < -0.39 is 18.2 Å². The fourth-order valence-electron chi connectivity index (χ4n) is 4.42. The lowest BCUT2D eigenvalue weighted by molar-refractivity contribution is -0.149. The number of carboxylic acid groups (broad SMARTS) is 1. The number of para-hydroxylation sites is 2. The van der Waals surface area contributed by atoms with Gasteiger partial charge in [-0.2, -0.15) is 0 Å². The molecule has 1 aliphatic rings. The van der Waals surface area contributed by atoms with E-state index in [1.165, 1.54) is 25.7 Å². The summed E-state index contributed by atoms with van der Waals surface area (Å²) in [6, 6.07) is 14.4. The molecule has 1 saturated carbocycles. The van der Waals surface area contributed by atoms with Crippen LogP contribution in [0.5, 0.6) is 17.2 Å². The van der Waals surface area contributed by atoms with Gasteiger partial charge in [-0.05, 0) is 49.1 Å². The van der Waals surface area contributed by atoms with E-state index in [-0.39, 0.29) is 6.42 Å². The number of rotatable bonds is 14. The predicted octanol–water partition coefficient (Wildman–Crippen LogP) is 5.19. The second kappa shape index (κ2) is 14.3. The second-order valence-electron chi connectivity index (χ2n) is 8.92. The van der Waals surface area contributed by atoms with Crippen molar-refractivity contribution in [1.82, 2.24) is 4.90 Å². The van der Waals surface area contributed by atoms with Crippen LogP contribution in [0.15, 0.2) is 48.5 Å². The van der Waals surface area contributed by atoms with Gasteiger partial charge < -0.3 is 29.0 Å². The molecule has 0 aromatic heterocycles. The van der Waals surface area contributed by atoms with Crippen LogP contribution in [0.2, 0.25) is 0 Å². The van der Waals surface area contributed by atoms with Crippen LogP contribution in [0.4, 0.5) is 4.79 Å². The van der Waals surface area contributed by atoms with Crippen molar-refractivity contribution in [3.05, 3.63) is 54.1 Å². The molecule has 1 N–H and O–H groups in total. The zero-order chi connectivity index (χ0) is 25.8. The van der Waals surface area contributed by atoms with Crippen LogP contribution >= 0.6 is 0 Å². The number of carbonyl (C=O) groups excluding carboxylic acids is 1. The Morgan fingerprint density at radius 2 is 1.72 bits per heavy atom. The van der Waals surface area contributed by atoms with E-state index in [9.17, 15) is 14.7 Å². The number of carbonyl (C=O) groups is 2. The first-order valence-electron chi connectivity index (χ1n) is 12.7. The van der Waals surface area contributed by atoms with E-state index in [0.29, 0.717) is 49.5 Å². The highest BCUT2D eigenvalue weighted by Crippen LogP contribution is 2.29. The quantitative estimate of drug-likeness (QED) is 0.382. The molecule has 1 atom stereocenters. The van der Waals surface area contributed by atoms with Gasteiger partial charge in [0.05, 0.1) is 13.7 Å². The first-order chi connectivity index (χ1) is 17.5. The Hall–Kier alpha value is -3.26. The lowest BCUT2D eigenvalue weighted by Gasteiger charge is -2.24. The summed E-state index contributed by atoms with van der Waals surface area (Å²) in [7, 11) is 1.54. The highest BCUT2D eigenvalue weighted by Gasteiger charge is 2.22. The number of ether oxygens (including phenoxy) is 4. The van der Waals surface area contributed by atoms with Crippen LogP contribution in [-0.2, 0) is 16.0 Å². The summed E-state index contributed by atoms with van der Waals surface area (Å²) in [6.07, 6.45) is 4.87. The molecule has 1 fully saturated rings. The van der Waals surface area contributed by atoms with Crippen molar-refractivity contribution in [2.24, 2.45) is 5.92 Å². The lowest BCUT2D eigenvalue weighted by atomic mass is 10.0. The van der Waals surface area contributed by atoms with Crippen molar-refractivity contribution >= 4 is 12.1 Å². The van der Waals surface area contributed by atoms with Crippen molar-refractivity contribution in [3.63, 3.8) is 0 Å². The minimum Gasteiger partial charge on any atom is -0.493 e. The molecule has 0 aliphatic heterocycles. The molecule has 2 aromatic rings. The number of amides is 1. The molecule has 1 amide bonds. The molecule has 0 saturated heterocycles. The molecule has 0 radical (unpaired) electrons. The normalized spacial score (nSPS) is 14.3. The number of aliphatic carboxylic acids is 1. The van der Waals surface area contributed by atoms with E-state index in [1.54, 1.807) is 49.3 Å². The molecule has 1 unspecified atom stereocenters. The number of benzene rings is 2. The lowest BCUT2D eigenvalue weighted by Crippen LogP contribution is -2.38. The van der Waals surface area contributed by atoms with Gasteiger partial charge in [-0.15, -0.1) is 0 Å². The van der Waals surface area contributed by atoms with Gasteiger partial charge in [0.2, 0.25) is 0 Å². The molecule has 8 nitrogen and oxygen atoms in total. The summed E-state index contributed by atoms with van der Waals surface area (Å²) in [4.78, 5) is 26.0. The maximum Gasteiger partial charge on any atom is 0.415 e. The summed E-state index contributed by atoms with van der Waals surface area (Å²) in [5, 5.41) is 9.27. The van der Waals surface area contributed by atoms with Crippen molar-refractivity contribution in [3.8, 4) is 17.2 Å². The average molecular weight is 500 g/mol. The Morgan fingerprint density at radius 3 is 2.36 bits per heavy atom. The summed E-state index contributed by atoms with van der Waals surface area (Å²) < 4.78 is 22.1. The molecule has 0 bridgehead atoms. The Bertz CT molecular complexity index is 957. The monoisotopic (exact) mass is 499 g/mol. The van der Waals surface area contributed by atoms with Gasteiger partial charge in [-0.1, -0.05) is 49.9 Å². The van der Waals surface area contributed by atoms with Crippen molar-refractivity contribution in [2.75, 3.05) is 33.4 Å². The molecule has 2 aromatic carbocycles. The van der Waals surface area contributed by atoms with Gasteiger partial charge in [0.15, 0.2) is 17.6 Å². The predicted molar refractivity (Wildman–Crippen MR) is 136 cm³/mol. The largest absolute Gasteiger partial charge is 0.493 e. The van der Waals surface area contributed by atoms with Gasteiger partial charge in [-0.25, -0.2) is 9.59 Å². The van der Waals surface area contributed by atoms with Crippen LogP contribution < -0.4 is 14.2 Å². The van der Waals surface area contributed by atoms with Crippen molar-refractivity contribution in [2.45, 2.75) is 51.6 Å². The van der Waals surface area contributed by atoms with Crippen LogP contribution in [0.1, 0.15) is 44.6 Å². The van der Waals surface area contributed by atoms with Gasteiger partial charge in [0.25, 0.3) is 0 Å². The van der Waals surface area contributed by atoms with Gasteiger partial charge in [-0.3, -0.25) is 0 Å². The number of nitrogens with zero attached hydrogens (tertiary/aromatic N) is 1. The number of hydrogen-bond acceptors (Lipinski definition) is 6. The topological polar surface area (TPSA) is 94.5 Å². The van der Waals surface area contributed by atoms with Gasteiger partial charge >= 0.3 is 12.1 Å². The number of carboxylic acids is 1. The third-order valence-electron chi connectivity index (χ3n) is 6.42. The minimum atomic E-state index is -0.977. The zero-order valence-corrected chi connectivity index (χ0v) is 21.2. The molecule has 0 spiro atoms. The molecule has 1 aliphatic carbocycles. The van der Waals surface area contributed by atoms with E-state index in [2.05, 4.69) is 0 Å². The molecule has 196 valence electrons. The number of methoxy groups -OCH3 is 1. The first kappa shape index (κ1) is 27.3. The van der Waals surface area contributed by atoms with Crippen LogP contribution in [0.25, 0.3) is 0 Å². The Labute approximate surface area is 213 Å². The molecule has 36 heavy (non-hydrogen) atoms. The van der Waals surface area contributed by atoms with Crippen LogP contribution in [0, 0.1) is 5.92 Å². The van der Waals surface area contributed by atoms with Gasteiger partial charge in [0, 0.05) is 19.6 Å². The summed E-state index contributed by atoms with van der Waals surface area (Å²) >= 11 is 0. The molecule has 0 heterocycles. The highest BCUT2D eigenvalue weighted by atomic mass is 16.6. The summed E-state index contributed by atoms with van der Waals surface area (Å²) in [6.45, 7) is 3.41. The highest BCUT2D eigenvalue weighted by molar-refractivity contribution is 5.73. The molecule has 8 heteroatoms. The van der Waals surface area contributed by atoms with Gasteiger partial charge in [0.1, 0.15) is 12.4 Å². The van der Waals surface area contributed by atoms with Crippen LogP contribution in [0.3, 0.4) is 0 Å². The van der Waals surface area contributed by atoms with Crippen molar-refractivity contribution in [1.29, 1.82) is 0 Å². The Morgan fingerprint density at radius 1 is 1.03 bits per heavy atom. The zero-order valence-electron chi connectivity index (χ0n) is 21.2. The molecule has 3 rings (SSSR count). The third-order valence-corrected chi connectivity index (χ3v) is 6.42. The van der Waals surface area contributed by atoms with E-state index >= 15 is 0 Å². The summed E-state index contributed by atoms with van der Waals surface area (Å²) in [5.74, 6) is 1.21. The SMILES string of the molecule is CCOC(Cc1ccc(OCCN(CCC2CCCC2)C(=O)Oc2ccccc2OC)cc1)C(=O)O. The maximum absolute atomic E-state index is 13.0. The van der Waals surface area contributed by atoms with Crippen LogP contribution in [-0.4, -0.2) is 61.6 Å². The van der Waals surface area contributed by atoms with E-state index in [1.807, 2.05) is 18.2 Å².